The molecule has 2 aliphatic heterocycles. The molecule has 0 atom stereocenters. The fourth-order valence-corrected chi connectivity index (χ4v) is 4.82. The molecule has 0 spiro atoms. The van der Waals surface area contributed by atoms with Gasteiger partial charge < -0.3 is 20.9 Å². The minimum absolute atomic E-state index is 0.0941. The Kier molecular flexibility index (Phi) is 7.64. The first-order valence-corrected chi connectivity index (χ1v) is 11.9. The summed E-state index contributed by atoms with van der Waals surface area (Å²) < 4.78 is 79.0. The zero-order valence-corrected chi connectivity index (χ0v) is 19.9. The Labute approximate surface area is 212 Å². The van der Waals surface area contributed by atoms with Crippen molar-refractivity contribution in [3.63, 3.8) is 0 Å². The molecule has 3 N–H and O–H groups in total. The van der Waals surface area contributed by atoms with Gasteiger partial charge in [-0.25, -0.2) is 0 Å². The van der Waals surface area contributed by atoms with Gasteiger partial charge in [-0.05, 0) is 53.2 Å². The second-order valence-electron chi connectivity index (χ2n) is 8.26. The van der Waals surface area contributed by atoms with Crippen LogP contribution in [-0.2, 0) is 23.7 Å². The Morgan fingerprint density at radius 3 is 2.43 bits per heavy atom. The lowest BCUT2D eigenvalue weighted by atomic mass is 10.0. The zero-order valence-electron chi connectivity index (χ0n) is 19.1. The van der Waals surface area contributed by atoms with Crippen LogP contribution >= 0.6 is 11.8 Å². The maximum atomic E-state index is 13.4. The lowest BCUT2D eigenvalue weighted by Gasteiger charge is -2.27. The minimum atomic E-state index is -4.98. The summed E-state index contributed by atoms with van der Waals surface area (Å²) >= 11 is 1.25. The van der Waals surface area contributed by atoms with E-state index in [-0.39, 0.29) is 17.5 Å². The van der Waals surface area contributed by atoms with Crippen molar-refractivity contribution < 1.29 is 31.1 Å². The average Bonchev–Trinajstić information content (AvgIpc) is 3.22. The van der Waals surface area contributed by atoms with Gasteiger partial charge in [0.2, 0.25) is 0 Å². The van der Waals surface area contributed by atoms with Gasteiger partial charge in [-0.15, -0.1) is 0 Å². The second kappa shape index (κ2) is 10.6. The summed E-state index contributed by atoms with van der Waals surface area (Å²) in [6.07, 6.45) is -7.26. The fourth-order valence-electron chi connectivity index (χ4n) is 3.85. The lowest BCUT2D eigenvalue weighted by molar-refractivity contribution is -0.143. The summed E-state index contributed by atoms with van der Waals surface area (Å²) in [5.74, 6) is -0.376. The number of thioether (sulfide) groups is 1. The van der Waals surface area contributed by atoms with Crippen LogP contribution < -0.4 is 10.6 Å². The first-order chi connectivity index (χ1) is 17.5. The summed E-state index contributed by atoms with van der Waals surface area (Å²) in [6, 6.07) is 6.22. The monoisotopic (exact) mass is 541 g/mol. The molecule has 1 amide bonds. The molecule has 6 nitrogen and oxygen atoms in total. The SMILES string of the molecule is N=Cc1cc(/C=C2\SC(N3CCNCC3)=NC2=O)ccc1NCc1ccc(C(F)(F)F)cc1C(F)(F)F. The Balaban J connectivity index is 1.51. The highest BCUT2D eigenvalue weighted by Gasteiger charge is 2.38. The molecular formula is C24H21F6N5OS. The van der Waals surface area contributed by atoms with Gasteiger partial charge in [0.05, 0.1) is 16.0 Å². The molecule has 0 saturated carbocycles. The number of benzene rings is 2. The number of piperazine rings is 1. The topological polar surface area (TPSA) is 80.6 Å². The summed E-state index contributed by atoms with van der Waals surface area (Å²) in [5.41, 5.74) is -1.91. The number of alkyl halides is 6. The van der Waals surface area contributed by atoms with E-state index in [9.17, 15) is 31.1 Å². The molecule has 0 bridgehead atoms. The normalized spacial score (nSPS) is 17.8. The van der Waals surface area contributed by atoms with Crippen LogP contribution in [0.15, 0.2) is 46.3 Å². The summed E-state index contributed by atoms with van der Waals surface area (Å²) in [6.45, 7) is 2.64. The van der Waals surface area contributed by atoms with Crippen LogP contribution in [0.3, 0.4) is 0 Å². The number of nitrogens with zero attached hydrogens (tertiary/aromatic N) is 2. The van der Waals surface area contributed by atoms with Crippen molar-refractivity contribution in [3.05, 3.63) is 69.1 Å². The summed E-state index contributed by atoms with van der Waals surface area (Å²) in [7, 11) is 0. The third-order valence-electron chi connectivity index (χ3n) is 5.74. The maximum Gasteiger partial charge on any atom is 0.416 e. The molecule has 0 aromatic heterocycles. The molecule has 4 rings (SSSR count). The third-order valence-corrected chi connectivity index (χ3v) is 6.78. The standard InChI is InChI=1S/C24H21F6N5OS/c25-23(26,27)17-3-2-15(18(11-17)24(28,29)30)13-33-19-4-1-14(9-16(19)12-31)10-20-21(36)34-22(37-20)35-7-5-32-6-8-35/h1-4,9-12,31-33H,5-8,13H2/b20-10-,31-12?. The molecule has 0 aliphatic carbocycles. The van der Waals surface area contributed by atoms with E-state index in [0.717, 1.165) is 38.5 Å². The average molecular weight is 542 g/mol. The zero-order chi connectivity index (χ0) is 26.8. The largest absolute Gasteiger partial charge is 0.416 e. The quantitative estimate of drug-likeness (QED) is 0.275. The maximum absolute atomic E-state index is 13.4. The van der Waals surface area contributed by atoms with Crippen LogP contribution in [0, 0.1) is 5.41 Å². The number of anilines is 1. The molecule has 1 fully saturated rings. The van der Waals surface area contributed by atoms with Gasteiger partial charge in [0, 0.05) is 50.2 Å². The molecule has 2 aromatic rings. The highest BCUT2D eigenvalue weighted by Crippen LogP contribution is 2.38. The number of carbonyl (C=O) groups is 1. The van der Waals surface area contributed by atoms with Gasteiger partial charge in [0.1, 0.15) is 0 Å². The molecule has 13 heteroatoms. The number of halogens is 6. The van der Waals surface area contributed by atoms with Crippen molar-refractivity contribution in [2.75, 3.05) is 31.5 Å². The van der Waals surface area contributed by atoms with E-state index in [0.29, 0.717) is 33.0 Å². The molecule has 2 aromatic carbocycles. The van der Waals surface area contributed by atoms with E-state index in [4.69, 9.17) is 5.41 Å². The highest BCUT2D eigenvalue weighted by molar-refractivity contribution is 8.18. The fraction of sp³-hybridized carbons (Fsp3) is 0.292. The predicted molar refractivity (Wildman–Crippen MR) is 131 cm³/mol. The van der Waals surface area contributed by atoms with Gasteiger partial charge in [0.25, 0.3) is 5.91 Å². The Morgan fingerprint density at radius 2 is 1.78 bits per heavy atom. The van der Waals surface area contributed by atoms with E-state index >= 15 is 0 Å². The first-order valence-electron chi connectivity index (χ1n) is 11.1. The molecule has 37 heavy (non-hydrogen) atoms. The van der Waals surface area contributed by atoms with Crippen molar-refractivity contribution in [1.82, 2.24) is 10.2 Å². The van der Waals surface area contributed by atoms with Crippen LogP contribution in [0.1, 0.15) is 27.8 Å². The van der Waals surface area contributed by atoms with E-state index in [2.05, 4.69) is 15.6 Å². The molecular weight excluding hydrogens is 520 g/mol. The van der Waals surface area contributed by atoms with Crippen LogP contribution in [0.4, 0.5) is 32.0 Å². The van der Waals surface area contributed by atoms with E-state index in [1.165, 1.54) is 17.8 Å². The lowest BCUT2D eigenvalue weighted by Crippen LogP contribution is -2.45. The number of nitrogens with one attached hydrogen (secondary N) is 3. The number of hydrogen-bond acceptors (Lipinski definition) is 6. The number of amides is 1. The van der Waals surface area contributed by atoms with Crippen LogP contribution in [0.2, 0.25) is 0 Å². The van der Waals surface area contributed by atoms with Crippen LogP contribution in [-0.4, -0.2) is 48.4 Å². The molecule has 0 unspecified atom stereocenters. The number of hydrogen-bond donors (Lipinski definition) is 3. The molecule has 0 radical (unpaired) electrons. The minimum Gasteiger partial charge on any atom is -0.380 e. The van der Waals surface area contributed by atoms with Gasteiger partial charge in [-0.2, -0.15) is 31.3 Å². The van der Waals surface area contributed by atoms with Gasteiger partial charge in [-0.3, -0.25) is 4.79 Å². The highest BCUT2D eigenvalue weighted by atomic mass is 32.2. The Bertz CT molecular complexity index is 1270. The van der Waals surface area contributed by atoms with Gasteiger partial charge in [0.15, 0.2) is 5.17 Å². The molecule has 1 saturated heterocycles. The van der Waals surface area contributed by atoms with Crippen LogP contribution in [0.5, 0.6) is 0 Å². The van der Waals surface area contributed by atoms with E-state index in [1.807, 2.05) is 4.90 Å². The third kappa shape index (κ3) is 6.34. The molecule has 2 aliphatic rings. The number of amidine groups is 1. The van der Waals surface area contributed by atoms with Crippen molar-refractivity contribution in [1.29, 1.82) is 5.41 Å². The molecule has 2 heterocycles. The number of carbonyl (C=O) groups excluding carboxylic acids is 1. The van der Waals surface area contributed by atoms with Gasteiger partial charge in [-0.1, -0.05) is 12.1 Å². The van der Waals surface area contributed by atoms with Crippen molar-refractivity contribution in [3.8, 4) is 0 Å². The smallest absolute Gasteiger partial charge is 0.380 e. The summed E-state index contributed by atoms with van der Waals surface area (Å²) in [5, 5.41) is 14.3. The predicted octanol–water partition coefficient (Wildman–Crippen LogP) is 5.21. The van der Waals surface area contributed by atoms with Crippen molar-refractivity contribution in [2.24, 2.45) is 4.99 Å². The van der Waals surface area contributed by atoms with Crippen molar-refractivity contribution >= 4 is 40.8 Å². The van der Waals surface area contributed by atoms with Crippen molar-refractivity contribution in [2.45, 2.75) is 18.9 Å². The number of rotatable bonds is 5. The van der Waals surface area contributed by atoms with Gasteiger partial charge >= 0.3 is 12.4 Å². The first kappa shape index (κ1) is 26.7. The van der Waals surface area contributed by atoms with E-state index in [1.54, 1.807) is 18.2 Å². The number of aliphatic imine (C=N–C) groups is 1. The Hall–Kier alpha value is -3.32. The Morgan fingerprint density at radius 1 is 1.05 bits per heavy atom. The van der Waals surface area contributed by atoms with E-state index < -0.39 is 30.0 Å². The summed E-state index contributed by atoms with van der Waals surface area (Å²) in [4.78, 5) is 18.9. The van der Waals surface area contributed by atoms with Crippen LogP contribution in [0.25, 0.3) is 6.08 Å². The second-order valence-corrected chi connectivity index (χ2v) is 9.27. The molecule has 196 valence electrons.